The van der Waals surface area contributed by atoms with Crippen LogP contribution in [0.3, 0.4) is 0 Å². The van der Waals surface area contributed by atoms with Gasteiger partial charge in [0.2, 0.25) is 10.0 Å². The standard InChI is InChI=1S/C20H31N3O3S/c1-4-23(5-2)27(25,26)19-14-16(7-6-15(19)3)20(24)21-17-10-12-22(13-11-17)18-8-9-18/h6-7,14,17-18H,4-5,8-13H2,1-3H3,(H,21,24). The second-order valence-corrected chi connectivity index (χ2v) is 9.49. The van der Waals surface area contributed by atoms with E-state index in [1.54, 1.807) is 19.1 Å². The van der Waals surface area contributed by atoms with E-state index in [9.17, 15) is 13.2 Å². The van der Waals surface area contributed by atoms with Gasteiger partial charge in [0.25, 0.3) is 5.91 Å². The number of likely N-dealkylation sites (tertiary alicyclic amines) is 1. The maximum Gasteiger partial charge on any atom is 0.251 e. The van der Waals surface area contributed by atoms with Gasteiger partial charge in [0.1, 0.15) is 0 Å². The highest BCUT2D eigenvalue weighted by Crippen LogP contribution is 2.29. The molecule has 6 nitrogen and oxygen atoms in total. The number of nitrogens with zero attached hydrogens (tertiary/aromatic N) is 2. The Kier molecular flexibility index (Phi) is 6.23. The van der Waals surface area contributed by atoms with Crippen molar-refractivity contribution in [1.29, 1.82) is 0 Å². The van der Waals surface area contributed by atoms with Crippen LogP contribution in [0.4, 0.5) is 0 Å². The van der Waals surface area contributed by atoms with Crippen LogP contribution in [0.5, 0.6) is 0 Å². The van der Waals surface area contributed by atoms with E-state index in [0.717, 1.165) is 32.0 Å². The highest BCUT2D eigenvalue weighted by Gasteiger charge is 2.32. The van der Waals surface area contributed by atoms with Crippen molar-refractivity contribution in [2.24, 2.45) is 0 Å². The van der Waals surface area contributed by atoms with Gasteiger partial charge in [-0.1, -0.05) is 19.9 Å². The fourth-order valence-corrected chi connectivity index (χ4v) is 5.55. The molecule has 7 heteroatoms. The first-order valence-electron chi connectivity index (χ1n) is 10.0. The topological polar surface area (TPSA) is 69.7 Å². The molecule has 3 rings (SSSR count). The summed E-state index contributed by atoms with van der Waals surface area (Å²) in [6.07, 6.45) is 4.53. The Morgan fingerprint density at radius 2 is 1.78 bits per heavy atom. The molecule has 1 aromatic carbocycles. The monoisotopic (exact) mass is 393 g/mol. The van der Waals surface area contributed by atoms with Gasteiger partial charge in [0, 0.05) is 43.8 Å². The Morgan fingerprint density at radius 1 is 1.15 bits per heavy atom. The Bertz CT molecular complexity index is 778. The number of sulfonamides is 1. The predicted octanol–water partition coefficient (Wildman–Crippen LogP) is 2.38. The molecule has 0 unspecified atom stereocenters. The first-order valence-corrected chi connectivity index (χ1v) is 11.5. The lowest BCUT2D eigenvalue weighted by Gasteiger charge is -2.32. The Labute approximate surface area is 163 Å². The molecule has 1 aliphatic carbocycles. The lowest BCUT2D eigenvalue weighted by atomic mass is 10.0. The third-order valence-electron chi connectivity index (χ3n) is 5.70. The van der Waals surface area contributed by atoms with Crippen LogP contribution in [-0.4, -0.2) is 61.8 Å². The number of hydrogen-bond acceptors (Lipinski definition) is 4. The van der Waals surface area contributed by atoms with Gasteiger partial charge in [-0.25, -0.2) is 8.42 Å². The van der Waals surface area contributed by atoms with Crippen LogP contribution in [0.1, 0.15) is 55.5 Å². The second-order valence-electron chi connectivity index (χ2n) is 7.58. The van der Waals surface area contributed by atoms with Crippen molar-refractivity contribution >= 4 is 15.9 Å². The molecule has 0 spiro atoms. The number of carbonyl (C=O) groups excluding carboxylic acids is 1. The van der Waals surface area contributed by atoms with Gasteiger partial charge in [-0.15, -0.1) is 0 Å². The molecule has 1 N–H and O–H groups in total. The Balaban J connectivity index is 1.70. The van der Waals surface area contributed by atoms with Crippen molar-refractivity contribution in [2.45, 2.75) is 63.4 Å². The van der Waals surface area contributed by atoms with Gasteiger partial charge in [-0.05, 0) is 50.3 Å². The molecule has 0 bridgehead atoms. The van der Waals surface area contributed by atoms with Crippen LogP contribution in [0, 0.1) is 6.92 Å². The average Bonchev–Trinajstić information content (AvgIpc) is 3.48. The highest BCUT2D eigenvalue weighted by molar-refractivity contribution is 7.89. The van der Waals surface area contributed by atoms with E-state index >= 15 is 0 Å². The lowest BCUT2D eigenvalue weighted by Crippen LogP contribution is -2.45. The van der Waals surface area contributed by atoms with Gasteiger partial charge in [0.15, 0.2) is 0 Å². The second kappa shape index (κ2) is 8.29. The summed E-state index contributed by atoms with van der Waals surface area (Å²) in [5.74, 6) is -0.184. The quantitative estimate of drug-likeness (QED) is 0.772. The summed E-state index contributed by atoms with van der Waals surface area (Å²) in [5, 5.41) is 3.10. The number of carbonyl (C=O) groups is 1. The molecule has 1 amide bonds. The minimum Gasteiger partial charge on any atom is -0.349 e. The summed E-state index contributed by atoms with van der Waals surface area (Å²) in [5.41, 5.74) is 1.08. The van der Waals surface area contributed by atoms with Gasteiger partial charge >= 0.3 is 0 Å². The lowest BCUT2D eigenvalue weighted by molar-refractivity contribution is 0.0909. The van der Waals surface area contributed by atoms with Crippen LogP contribution in [0.2, 0.25) is 0 Å². The first kappa shape index (κ1) is 20.3. The maximum absolute atomic E-state index is 12.9. The number of amides is 1. The smallest absolute Gasteiger partial charge is 0.251 e. The molecule has 2 aliphatic rings. The van der Waals surface area contributed by atoms with Crippen LogP contribution < -0.4 is 5.32 Å². The summed E-state index contributed by atoms with van der Waals surface area (Å²) in [6, 6.07) is 5.90. The van der Waals surface area contributed by atoms with Gasteiger partial charge < -0.3 is 10.2 Å². The highest BCUT2D eigenvalue weighted by atomic mass is 32.2. The summed E-state index contributed by atoms with van der Waals surface area (Å²) in [7, 11) is -3.58. The molecule has 1 saturated carbocycles. The number of rotatable bonds is 7. The largest absolute Gasteiger partial charge is 0.349 e. The van der Waals surface area contributed by atoms with Crippen molar-refractivity contribution < 1.29 is 13.2 Å². The molecule has 1 saturated heterocycles. The predicted molar refractivity (Wildman–Crippen MR) is 106 cm³/mol. The van der Waals surface area contributed by atoms with Crippen molar-refractivity contribution in [3.63, 3.8) is 0 Å². The molecule has 27 heavy (non-hydrogen) atoms. The zero-order valence-corrected chi connectivity index (χ0v) is 17.4. The van der Waals surface area contributed by atoms with Crippen molar-refractivity contribution in [3.05, 3.63) is 29.3 Å². The molecule has 2 fully saturated rings. The molecule has 1 heterocycles. The summed E-state index contributed by atoms with van der Waals surface area (Å²) in [6.45, 7) is 8.30. The van der Waals surface area contributed by atoms with E-state index in [-0.39, 0.29) is 16.8 Å². The number of nitrogens with one attached hydrogen (secondary N) is 1. The van der Waals surface area contributed by atoms with Crippen LogP contribution in [0.15, 0.2) is 23.1 Å². The van der Waals surface area contributed by atoms with Gasteiger partial charge in [-0.2, -0.15) is 4.31 Å². The van der Waals surface area contributed by atoms with Crippen molar-refractivity contribution in [3.8, 4) is 0 Å². The first-order chi connectivity index (χ1) is 12.9. The van der Waals surface area contributed by atoms with Crippen LogP contribution in [-0.2, 0) is 10.0 Å². The maximum atomic E-state index is 12.9. The molecule has 1 aromatic rings. The Morgan fingerprint density at radius 3 is 2.33 bits per heavy atom. The van der Waals surface area contributed by atoms with Crippen molar-refractivity contribution in [1.82, 2.24) is 14.5 Å². The van der Waals surface area contributed by atoms with Gasteiger partial charge in [-0.3, -0.25) is 4.79 Å². The average molecular weight is 394 g/mol. The van der Waals surface area contributed by atoms with E-state index in [1.165, 1.54) is 23.2 Å². The molecular weight excluding hydrogens is 362 g/mol. The van der Waals surface area contributed by atoms with Crippen molar-refractivity contribution in [2.75, 3.05) is 26.2 Å². The number of aryl methyl sites for hydroxylation is 1. The van der Waals surface area contributed by atoms with E-state index in [2.05, 4.69) is 10.2 Å². The molecule has 150 valence electrons. The number of hydrogen-bond donors (Lipinski definition) is 1. The van der Waals surface area contributed by atoms with E-state index < -0.39 is 10.0 Å². The molecule has 0 atom stereocenters. The molecule has 1 aliphatic heterocycles. The zero-order chi connectivity index (χ0) is 19.6. The van der Waals surface area contributed by atoms with Crippen LogP contribution >= 0.6 is 0 Å². The minimum absolute atomic E-state index is 0.164. The Hall–Kier alpha value is -1.44. The normalized spacial score (nSPS) is 19.4. The minimum atomic E-state index is -3.58. The number of benzene rings is 1. The zero-order valence-electron chi connectivity index (χ0n) is 16.6. The fraction of sp³-hybridized carbons (Fsp3) is 0.650. The van der Waals surface area contributed by atoms with Gasteiger partial charge in [0.05, 0.1) is 4.90 Å². The SMILES string of the molecule is CCN(CC)S(=O)(=O)c1cc(C(=O)NC2CCN(C3CC3)CC2)ccc1C. The summed E-state index contributed by atoms with van der Waals surface area (Å²) < 4.78 is 27.2. The summed E-state index contributed by atoms with van der Waals surface area (Å²) in [4.78, 5) is 15.4. The van der Waals surface area contributed by atoms with E-state index in [1.807, 2.05) is 13.8 Å². The molecule has 0 aromatic heterocycles. The third kappa shape index (κ3) is 4.52. The third-order valence-corrected chi connectivity index (χ3v) is 7.89. The summed E-state index contributed by atoms with van der Waals surface area (Å²) >= 11 is 0. The van der Waals surface area contributed by atoms with Crippen LogP contribution in [0.25, 0.3) is 0 Å². The van der Waals surface area contributed by atoms with E-state index in [0.29, 0.717) is 24.2 Å². The molecular formula is C20H31N3O3S. The molecule has 0 radical (unpaired) electrons. The van der Waals surface area contributed by atoms with E-state index in [4.69, 9.17) is 0 Å². The number of piperidine rings is 1. The fourth-order valence-electron chi connectivity index (χ4n) is 3.84.